The standard InChI is InChI=1S/C11H10N4O2/c1-17-7-9-5-11(16)15(14-9)10-4-8(6-12)2-3-13-10/h2-5,14H,7H2,1H3. The molecule has 0 aliphatic heterocycles. The number of ether oxygens (including phenoxy) is 1. The topological polar surface area (TPSA) is 83.7 Å². The maximum atomic E-state index is 11.7. The monoisotopic (exact) mass is 230 g/mol. The quantitative estimate of drug-likeness (QED) is 0.835. The van der Waals surface area contributed by atoms with Crippen molar-refractivity contribution in [2.24, 2.45) is 0 Å². The van der Waals surface area contributed by atoms with Crippen LogP contribution in [0.3, 0.4) is 0 Å². The lowest BCUT2D eigenvalue weighted by molar-refractivity contribution is 0.181. The zero-order chi connectivity index (χ0) is 12.3. The summed E-state index contributed by atoms with van der Waals surface area (Å²) in [6, 6.07) is 6.54. The number of nitrogens with zero attached hydrogens (tertiary/aromatic N) is 3. The first-order valence-corrected chi connectivity index (χ1v) is 4.91. The van der Waals surface area contributed by atoms with E-state index in [1.807, 2.05) is 6.07 Å². The molecule has 0 unspecified atom stereocenters. The largest absolute Gasteiger partial charge is 0.378 e. The zero-order valence-electron chi connectivity index (χ0n) is 9.17. The minimum atomic E-state index is -0.236. The second-order valence-corrected chi connectivity index (χ2v) is 3.40. The van der Waals surface area contributed by atoms with E-state index in [0.717, 1.165) is 0 Å². The number of pyridine rings is 1. The maximum Gasteiger partial charge on any atom is 0.272 e. The van der Waals surface area contributed by atoms with Crippen molar-refractivity contribution < 1.29 is 4.74 Å². The average Bonchev–Trinajstić information content (AvgIpc) is 2.71. The molecule has 6 heteroatoms. The number of rotatable bonds is 3. The smallest absolute Gasteiger partial charge is 0.272 e. The SMILES string of the molecule is COCc1cc(=O)n(-c2cc(C#N)ccn2)[nH]1. The first-order valence-electron chi connectivity index (χ1n) is 4.91. The summed E-state index contributed by atoms with van der Waals surface area (Å²) < 4.78 is 6.19. The Morgan fingerprint density at radius 1 is 1.59 bits per heavy atom. The Bertz CT molecular complexity index is 621. The highest BCUT2D eigenvalue weighted by Gasteiger charge is 2.06. The molecule has 2 aromatic heterocycles. The van der Waals surface area contributed by atoms with E-state index in [2.05, 4.69) is 10.1 Å². The van der Waals surface area contributed by atoms with Crippen LogP contribution in [0.25, 0.3) is 5.82 Å². The first kappa shape index (κ1) is 11.1. The average molecular weight is 230 g/mol. The predicted octanol–water partition coefficient (Wildman–Crippen LogP) is 0.579. The van der Waals surface area contributed by atoms with Crippen LogP contribution in [0.1, 0.15) is 11.3 Å². The van der Waals surface area contributed by atoms with Crippen LogP contribution >= 0.6 is 0 Å². The Morgan fingerprint density at radius 2 is 2.41 bits per heavy atom. The number of aromatic nitrogens is 3. The molecule has 0 fully saturated rings. The van der Waals surface area contributed by atoms with Gasteiger partial charge in [0.05, 0.1) is 23.9 Å². The molecule has 0 aliphatic carbocycles. The lowest BCUT2D eigenvalue weighted by Crippen LogP contribution is -2.14. The van der Waals surface area contributed by atoms with Gasteiger partial charge in [0.15, 0.2) is 5.82 Å². The number of H-pyrrole nitrogens is 1. The summed E-state index contributed by atoms with van der Waals surface area (Å²) in [5.74, 6) is 0.386. The van der Waals surface area contributed by atoms with Crippen molar-refractivity contribution >= 4 is 0 Å². The van der Waals surface area contributed by atoms with Crippen molar-refractivity contribution in [2.45, 2.75) is 6.61 Å². The van der Waals surface area contributed by atoms with Gasteiger partial charge in [-0.25, -0.2) is 9.67 Å². The molecule has 17 heavy (non-hydrogen) atoms. The van der Waals surface area contributed by atoms with Crippen molar-refractivity contribution in [1.82, 2.24) is 14.8 Å². The molecule has 2 aromatic rings. The summed E-state index contributed by atoms with van der Waals surface area (Å²) in [7, 11) is 1.55. The molecular weight excluding hydrogens is 220 g/mol. The van der Waals surface area contributed by atoms with E-state index in [4.69, 9.17) is 10.00 Å². The van der Waals surface area contributed by atoms with Crippen LogP contribution in [0.4, 0.5) is 0 Å². The molecule has 0 aliphatic rings. The van der Waals surface area contributed by atoms with Crippen molar-refractivity contribution in [3.05, 3.63) is 46.0 Å². The predicted molar refractivity (Wildman–Crippen MR) is 59.6 cm³/mol. The van der Waals surface area contributed by atoms with E-state index in [0.29, 0.717) is 23.7 Å². The van der Waals surface area contributed by atoms with Gasteiger partial charge >= 0.3 is 0 Å². The number of nitrogens with one attached hydrogen (secondary N) is 1. The van der Waals surface area contributed by atoms with Gasteiger partial charge in [0.2, 0.25) is 0 Å². The molecule has 2 rings (SSSR count). The fourth-order valence-electron chi connectivity index (χ4n) is 1.45. The fraction of sp³-hybridized carbons (Fsp3) is 0.182. The third-order valence-electron chi connectivity index (χ3n) is 2.18. The normalized spacial score (nSPS) is 10.1. The minimum Gasteiger partial charge on any atom is -0.378 e. The number of aromatic amines is 1. The van der Waals surface area contributed by atoms with Crippen molar-refractivity contribution in [3.8, 4) is 11.9 Å². The zero-order valence-corrected chi connectivity index (χ0v) is 9.17. The number of hydrogen-bond acceptors (Lipinski definition) is 4. The molecule has 0 bridgehead atoms. The molecule has 0 atom stereocenters. The molecule has 0 saturated carbocycles. The molecule has 0 radical (unpaired) electrons. The van der Waals surface area contributed by atoms with Gasteiger partial charge in [-0.05, 0) is 6.07 Å². The second kappa shape index (κ2) is 4.63. The Labute approximate surface area is 97.1 Å². The van der Waals surface area contributed by atoms with Crippen LogP contribution in [0.2, 0.25) is 0 Å². The van der Waals surface area contributed by atoms with E-state index < -0.39 is 0 Å². The van der Waals surface area contributed by atoms with Gasteiger partial charge in [-0.1, -0.05) is 0 Å². The number of hydrogen-bond donors (Lipinski definition) is 1. The Hall–Kier alpha value is -2.39. The molecule has 6 nitrogen and oxygen atoms in total. The summed E-state index contributed by atoms with van der Waals surface area (Å²) in [5, 5.41) is 11.6. The minimum absolute atomic E-state index is 0.236. The highest BCUT2D eigenvalue weighted by Crippen LogP contribution is 2.04. The van der Waals surface area contributed by atoms with Gasteiger partial charge in [0, 0.05) is 25.4 Å². The first-order chi connectivity index (χ1) is 8.24. The lowest BCUT2D eigenvalue weighted by atomic mass is 10.3. The summed E-state index contributed by atoms with van der Waals surface area (Å²) in [6.45, 7) is 0.320. The summed E-state index contributed by atoms with van der Waals surface area (Å²) in [4.78, 5) is 15.7. The van der Waals surface area contributed by atoms with Crippen LogP contribution in [-0.2, 0) is 11.3 Å². The maximum absolute atomic E-state index is 11.7. The van der Waals surface area contributed by atoms with Crippen LogP contribution in [-0.4, -0.2) is 21.9 Å². The molecule has 0 aromatic carbocycles. The van der Waals surface area contributed by atoms with E-state index >= 15 is 0 Å². The fourth-order valence-corrected chi connectivity index (χ4v) is 1.45. The molecular formula is C11H10N4O2. The second-order valence-electron chi connectivity index (χ2n) is 3.40. The van der Waals surface area contributed by atoms with Gasteiger partial charge in [0.1, 0.15) is 0 Å². The van der Waals surface area contributed by atoms with Gasteiger partial charge < -0.3 is 4.74 Å². The van der Waals surface area contributed by atoms with E-state index in [-0.39, 0.29) is 5.56 Å². The molecule has 0 spiro atoms. The number of nitriles is 1. The summed E-state index contributed by atoms with van der Waals surface area (Å²) in [6.07, 6.45) is 1.48. The van der Waals surface area contributed by atoms with Crippen molar-refractivity contribution in [3.63, 3.8) is 0 Å². The molecule has 0 amide bonds. The highest BCUT2D eigenvalue weighted by molar-refractivity contribution is 5.35. The van der Waals surface area contributed by atoms with E-state index in [1.165, 1.54) is 23.0 Å². The summed E-state index contributed by atoms with van der Waals surface area (Å²) >= 11 is 0. The number of methoxy groups -OCH3 is 1. The third-order valence-corrected chi connectivity index (χ3v) is 2.18. The molecule has 2 heterocycles. The van der Waals surface area contributed by atoms with E-state index in [1.54, 1.807) is 13.2 Å². The van der Waals surface area contributed by atoms with Gasteiger partial charge in [-0.2, -0.15) is 5.26 Å². The van der Waals surface area contributed by atoms with Crippen LogP contribution in [0, 0.1) is 11.3 Å². The Morgan fingerprint density at radius 3 is 3.12 bits per heavy atom. The van der Waals surface area contributed by atoms with Gasteiger partial charge in [-0.3, -0.25) is 9.89 Å². The van der Waals surface area contributed by atoms with Crippen LogP contribution in [0.5, 0.6) is 0 Å². The van der Waals surface area contributed by atoms with Crippen molar-refractivity contribution in [1.29, 1.82) is 5.26 Å². The van der Waals surface area contributed by atoms with Gasteiger partial charge in [-0.15, -0.1) is 0 Å². The summed E-state index contributed by atoms with van der Waals surface area (Å²) in [5.41, 5.74) is 0.867. The Kier molecular flexibility index (Phi) is 3.03. The lowest BCUT2D eigenvalue weighted by Gasteiger charge is -2.00. The Balaban J connectivity index is 2.46. The third kappa shape index (κ3) is 2.24. The van der Waals surface area contributed by atoms with E-state index in [9.17, 15) is 4.79 Å². The van der Waals surface area contributed by atoms with Gasteiger partial charge in [0.25, 0.3) is 5.56 Å². The molecule has 0 saturated heterocycles. The molecule has 86 valence electrons. The van der Waals surface area contributed by atoms with Crippen LogP contribution < -0.4 is 5.56 Å². The van der Waals surface area contributed by atoms with Crippen molar-refractivity contribution in [2.75, 3.05) is 7.11 Å². The van der Waals surface area contributed by atoms with Crippen LogP contribution in [0.15, 0.2) is 29.2 Å². The highest BCUT2D eigenvalue weighted by atomic mass is 16.5. The molecule has 1 N–H and O–H groups in total.